The molecule has 1 saturated carbocycles. The van der Waals surface area contributed by atoms with E-state index >= 15 is 0 Å². The van der Waals surface area contributed by atoms with Crippen LogP contribution in [-0.2, 0) is 0 Å². The van der Waals surface area contributed by atoms with Gasteiger partial charge in [-0.3, -0.25) is 4.39 Å². The molecular weight excluding hydrogens is 163 g/mol. The van der Waals surface area contributed by atoms with E-state index in [1.807, 2.05) is 6.07 Å². The van der Waals surface area contributed by atoms with Crippen LogP contribution in [0.4, 0.5) is 4.39 Å². The minimum absolute atomic E-state index is 0.147. The fourth-order valence-electron chi connectivity index (χ4n) is 2.12. The average molecular weight is 178 g/mol. The normalized spacial score (nSPS) is 26.8. The van der Waals surface area contributed by atoms with Crippen LogP contribution in [0.3, 0.4) is 0 Å². The van der Waals surface area contributed by atoms with Gasteiger partial charge in [0.1, 0.15) is 0 Å². The zero-order valence-corrected chi connectivity index (χ0v) is 7.75. The molecule has 0 spiro atoms. The lowest BCUT2D eigenvalue weighted by molar-refractivity contribution is 0.227. The molecule has 13 heavy (non-hydrogen) atoms. The number of alkyl halides is 1. The lowest BCUT2D eigenvalue weighted by Gasteiger charge is -2.35. The van der Waals surface area contributed by atoms with Gasteiger partial charge in [-0.15, -0.1) is 0 Å². The Morgan fingerprint density at radius 2 is 1.85 bits per heavy atom. The second-order valence-electron chi connectivity index (χ2n) is 3.92. The maximum absolute atomic E-state index is 12.0. The summed E-state index contributed by atoms with van der Waals surface area (Å²) >= 11 is 0. The Kier molecular flexibility index (Phi) is 2.62. The van der Waals surface area contributed by atoms with E-state index in [1.165, 1.54) is 18.4 Å². The van der Waals surface area contributed by atoms with Gasteiger partial charge in [-0.1, -0.05) is 30.3 Å². The Balaban J connectivity index is 1.87. The van der Waals surface area contributed by atoms with E-state index in [4.69, 9.17) is 0 Å². The van der Waals surface area contributed by atoms with Crippen LogP contribution < -0.4 is 0 Å². The quantitative estimate of drug-likeness (QED) is 0.664. The Hall–Kier alpha value is -0.850. The van der Waals surface area contributed by atoms with Crippen molar-refractivity contribution in [1.29, 1.82) is 0 Å². The molecule has 0 atom stereocenters. The molecule has 0 amide bonds. The second kappa shape index (κ2) is 3.91. The number of hydrogen-bond acceptors (Lipinski definition) is 0. The summed E-state index contributed by atoms with van der Waals surface area (Å²) in [6, 6.07) is 10.6. The Morgan fingerprint density at radius 1 is 1.15 bits per heavy atom. The molecule has 0 saturated heterocycles. The van der Waals surface area contributed by atoms with Crippen molar-refractivity contribution in [3.63, 3.8) is 0 Å². The molecule has 0 nitrogen and oxygen atoms in total. The zero-order valence-electron chi connectivity index (χ0n) is 7.75. The lowest BCUT2D eigenvalue weighted by Crippen LogP contribution is -2.22. The molecule has 1 aliphatic carbocycles. The molecule has 1 aromatic rings. The molecule has 1 heteroatoms. The van der Waals surface area contributed by atoms with Crippen molar-refractivity contribution in [2.45, 2.75) is 25.2 Å². The van der Waals surface area contributed by atoms with Gasteiger partial charge in [0.25, 0.3) is 0 Å². The lowest BCUT2D eigenvalue weighted by atomic mass is 9.70. The van der Waals surface area contributed by atoms with E-state index in [0.29, 0.717) is 11.8 Å². The number of halogens is 1. The van der Waals surface area contributed by atoms with Crippen molar-refractivity contribution in [2.24, 2.45) is 5.92 Å². The monoisotopic (exact) mass is 178 g/mol. The first-order valence-electron chi connectivity index (χ1n) is 5.01. The highest BCUT2D eigenvalue weighted by Crippen LogP contribution is 2.42. The number of benzene rings is 1. The van der Waals surface area contributed by atoms with Crippen LogP contribution in [0.5, 0.6) is 0 Å². The van der Waals surface area contributed by atoms with Gasteiger partial charge in [0.2, 0.25) is 0 Å². The minimum atomic E-state index is -0.147. The van der Waals surface area contributed by atoms with Crippen LogP contribution in [0.2, 0.25) is 0 Å². The molecule has 0 unspecified atom stereocenters. The van der Waals surface area contributed by atoms with E-state index in [-0.39, 0.29) is 6.67 Å². The van der Waals surface area contributed by atoms with Crippen LogP contribution in [0, 0.1) is 5.92 Å². The maximum Gasteiger partial charge on any atom is 0.0897 e. The van der Waals surface area contributed by atoms with E-state index in [0.717, 1.165) is 6.42 Å². The summed E-state index contributed by atoms with van der Waals surface area (Å²) in [6.45, 7) is -0.147. The SMILES string of the molecule is FCCC1CC(c2ccccc2)C1. The Bertz CT molecular complexity index is 249. The van der Waals surface area contributed by atoms with Crippen molar-refractivity contribution in [1.82, 2.24) is 0 Å². The molecule has 1 aliphatic rings. The van der Waals surface area contributed by atoms with Crippen LogP contribution >= 0.6 is 0 Å². The summed E-state index contributed by atoms with van der Waals surface area (Å²) in [7, 11) is 0. The number of hydrogen-bond donors (Lipinski definition) is 0. The first kappa shape index (κ1) is 8.74. The van der Waals surface area contributed by atoms with Gasteiger partial charge in [-0.2, -0.15) is 0 Å². The summed E-state index contributed by atoms with van der Waals surface area (Å²) in [5.41, 5.74) is 1.43. The van der Waals surface area contributed by atoms with E-state index < -0.39 is 0 Å². The highest BCUT2D eigenvalue weighted by atomic mass is 19.1. The van der Waals surface area contributed by atoms with Crippen LogP contribution in [0.1, 0.15) is 30.7 Å². The summed E-state index contributed by atoms with van der Waals surface area (Å²) < 4.78 is 12.0. The third-order valence-corrected chi connectivity index (χ3v) is 3.02. The summed E-state index contributed by atoms with van der Waals surface area (Å²) in [4.78, 5) is 0. The van der Waals surface area contributed by atoms with Gasteiger partial charge in [0.15, 0.2) is 0 Å². The third-order valence-electron chi connectivity index (χ3n) is 3.02. The summed E-state index contributed by atoms with van der Waals surface area (Å²) in [6.07, 6.45) is 3.14. The molecule has 0 heterocycles. The fraction of sp³-hybridized carbons (Fsp3) is 0.500. The highest BCUT2D eigenvalue weighted by molar-refractivity contribution is 5.21. The first-order chi connectivity index (χ1) is 6.40. The van der Waals surface area contributed by atoms with Gasteiger partial charge in [-0.05, 0) is 36.7 Å². The predicted octanol–water partition coefficient (Wildman–Crippen LogP) is 3.54. The van der Waals surface area contributed by atoms with E-state index in [9.17, 15) is 4.39 Å². The van der Waals surface area contributed by atoms with Crippen molar-refractivity contribution in [2.75, 3.05) is 6.67 Å². The molecule has 0 bridgehead atoms. The van der Waals surface area contributed by atoms with Crippen molar-refractivity contribution in [3.8, 4) is 0 Å². The van der Waals surface area contributed by atoms with Crippen molar-refractivity contribution in [3.05, 3.63) is 35.9 Å². The smallest absolute Gasteiger partial charge is 0.0897 e. The Labute approximate surface area is 78.8 Å². The molecular formula is C12H15F. The average Bonchev–Trinajstić information content (AvgIpc) is 2.12. The third kappa shape index (κ3) is 1.90. The van der Waals surface area contributed by atoms with Crippen molar-refractivity contribution >= 4 is 0 Å². The molecule has 0 aliphatic heterocycles. The molecule has 1 aromatic carbocycles. The van der Waals surface area contributed by atoms with Gasteiger partial charge >= 0.3 is 0 Å². The Morgan fingerprint density at radius 3 is 2.46 bits per heavy atom. The first-order valence-corrected chi connectivity index (χ1v) is 5.01. The second-order valence-corrected chi connectivity index (χ2v) is 3.92. The predicted molar refractivity (Wildman–Crippen MR) is 52.5 cm³/mol. The van der Waals surface area contributed by atoms with Crippen LogP contribution in [0.25, 0.3) is 0 Å². The van der Waals surface area contributed by atoms with Gasteiger partial charge in [0.05, 0.1) is 6.67 Å². The topological polar surface area (TPSA) is 0 Å². The van der Waals surface area contributed by atoms with Crippen LogP contribution in [0.15, 0.2) is 30.3 Å². The molecule has 0 N–H and O–H groups in total. The molecule has 70 valence electrons. The molecule has 1 fully saturated rings. The van der Waals surface area contributed by atoms with Crippen LogP contribution in [-0.4, -0.2) is 6.67 Å². The largest absolute Gasteiger partial charge is 0.251 e. The van der Waals surface area contributed by atoms with Crippen molar-refractivity contribution < 1.29 is 4.39 Å². The van der Waals surface area contributed by atoms with E-state index in [1.54, 1.807) is 0 Å². The van der Waals surface area contributed by atoms with E-state index in [2.05, 4.69) is 24.3 Å². The maximum atomic E-state index is 12.0. The molecule has 0 radical (unpaired) electrons. The summed E-state index contributed by atoms with van der Waals surface area (Å²) in [5, 5.41) is 0. The molecule has 0 aromatic heterocycles. The minimum Gasteiger partial charge on any atom is -0.251 e. The molecule has 2 rings (SSSR count). The number of rotatable bonds is 3. The highest BCUT2D eigenvalue weighted by Gasteiger charge is 2.29. The zero-order chi connectivity index (χ0) is 9.10. The van der Waals surface area contributed by atoms with Gasteiger partial charge in [0, 0.05) is 0 Å². The fourth-order valence-corrected chi connectivity index (χ4v) is 2.12. The standard InChI is InChI=1S/C12H15F/c13-7-6-10-8-12(9-10)11-4-2-1-3-5-11/h1-5,10,12H,6-9H2. The van der Waals surface area contributed by atoms with Gasteiger partial charge in [-0.25, -0.2) is 0 Å². The van der Waals surface area contributed by atoms with Gasteiger partial charge < -0.3 is 0 Å². The summed E-state index contributed by atoms with van der Waals surface area (Å²) in [5.74, 6) is 1.35.